The Kier molecular flexibility index (Phi) is 4.98. The van der Waals surface area contributed by atoms with Crippen molar-refractivity contribution >= 4 is 5.82 Å². The lowest BCUT2D eigenvalue weighted by atomic mass is 10.0. The maximum atomic E-state index is 13.9. The summed E-state index contributed by atoms with van der Waals surface area (Å²) >= 11 is 0. The highest BCUT2D eigenvalue weighted by Gasteiger charge is 2.40. The molecular weight excluding hydrogens is 379 g/mol. The zero-order valence-corrected chi connectivity index (χ0v) is 17.4. The zero-order chi connectivity index (χ0) is 20.7. The number of rotatable bonds is 5. The summed E-state index contributed by atoms with van der Waals surface area (Å²) < 4.78 is 15.8. The third-order valence-electron chi connectivity index (χ3n) is 6.56. The number of benzene rings is 1. The molecule has 3 atom stereocenters. The molecule has 0 spiro atoms. The molecule has 0 radical (unpaired) electrons. The van der Waals surface area contributed by atoms with E-state index < -0.39 is 0 Å². The lowest BCUT2D eigenvalue weighted by molar-refractivity contribution is 0.296. The summed E-state index contributed by atoms with van der Waals surface area (Å²) in [4.78, 5) is 2.40. The molecule has 1 saturated carbocycles. The normalized spacial score (nSPS) is 23.6. The number of anilines is 1. The summed E-state index contributed by atoms with van der Waals surface area (Å²) in [5.41, 5.74) is 3.73. The van der Waals surface area contributed by atoms with E-state index in [9.17, 15) is 4.39 Å². The molecule has 2 aliphatic rings. The van der Waals surface area contributed by atoms with Gasteiger partial charge in [-0.15, -0.1) is 10.2 Å². The summed E-state index contributed by atoms with van der Waals surface area (Å²) in [5, 5.41) is 16.7. The minimum absolute atomic E-state index is 0.0996. The molecule has 156 valence electrons. The van der Waals surface area contributed by atoms with Crippen molar-refractivity contribution in [3.63, 3.8) is 0 Å². The number of fused-ring (bicyclic) bond motifs is 1. The van der Waals surface area contributed by atoms with Gasteiger partial charge < -0.3 is 5.32 Å². The van der Waals surface area contributed by atoms with Gasteiger partial charge in [0, 0.05) is 38.3 Å². The van der Waals surface area contributed by atoms with Crippen LogP contribution in [-0.2, 0) is 13.6 Å². The highest BCUT2D eigenvalue weighted by Crippen LogP contribution is 2.39. The van der Waals surface area contributed by atoms with Crippen LogP contribution in [0.1, 0.15) is 24.0 Å². The van der Waals surface area contributed by atoms with E-state index in [1.54, 1.807) is 12.1 Å². The Bertz CT molecular complexity index is 997. The van der Waals surface area contributed by atoms with Crippen molar-refractivity contribution in [2.45, 2.75) is 32.4 Å². The number of aromatic nitrogens is 4. The molecule has 3 heterocycles. The van der Waals surface area contributed by atoms with Crippen LogP contribution in [0.4, 0.5) is 10.2 Å². The molecule has 3 aromatic rings. The molecule has 0 amide bonds. The van der Waals surface area contributed by atoms with Gasteiger partial charge in [0.05, 0.1) is 11.9 Å². The number of hydrogen-bond donors (Lipinski definition) is 1. The maximum absolute atomic E-state index is 13.9. The lowest BCUT2D eigenvalue weighted by Gasteiger charge is -2.20. The third kappa shape index (κ3) is 3.69. The van der Waals surface area contributed by atoms with Gasteiger partial charge in [0.15, 0.2) is 0 Å². The Morgan fingerprint density at radius 2 is 1.83 bits per heavy atom. The predicted molar refractivity (Wildman–Crippen MR) is 114 cm³/mol. The minimum atomic E-state index is -0.0996. The van der Waals surface area contributed by atoms with Crippen LogP contribution >= 0.6 is 0 Å². The average Bonchev–Trinajstić information content (AvgIpc) is 3.37. The van der Waals surface area contributed by atoms with Crippen molar-refractivity contribution < 1.29 is 4.39 Å². The first kappa shape index (κ1) is 19.2. The molecule has 30 heavy (non-hydrogen) atoms. The molecule has 1 aromatic carbocycles. The molecule has 6 nitrogen and oxygen atoms in total. The number of likely N-dealkylation sites (tertiary alicyclic amines) is 1. The van der Waals surface area contributed by atoms with E-state index >= 15 is 0 Å². The number of aryl methyl sites for hydroxylation is 2. The van der Waals surface area contributed by atoms with Crippen LogP contribution in [-0.4, -0.2) is 44.0 Å². The summed E-state index contributed by atoms with van der Waals surface area (Å²) in [7, 11) is 1.92. The van der Waals surface area contributed by atoms with E-state index in [-0.39, 0.29) is 5.82 Å². The van der Waals surface area contributed by atoms with Crippen LogP contribution in [0.25, 0.3) is 11.4 Å². The molecular formula is C23H27FN6. The van der Waals surface area contributed by atoms with E-state index in [1.807, 2.05) is 49.1 Å². The third-order valence-corrected chi connectivity index (χ3v) is 6.56. The molecule has 7 heteroatoms. The fourth-order valence-corrected chi connectivity index (χ4v) is 5.17. The lowest BCUT2D eigenvalue weighted by Crippen LogP contribution is -2.25. The van der Waals surface area contributed by atoms with Gasteiger partial charge in [-0.05, 0) is 55.4 Å². The van der Waals surface area contributed by atoms with E-state index in [0.29, 0.717) is 24.4 Å². The molecule has 0 bridgehead atoms. The predicted octanol–water partition coefficient (Wildman–Crippen LogP) is 3.65. The SMILES string of the molecule is Cc1cnn(C)c1-c1ccc(NC2C[C@@H]3CN(Cc4ccccc4F)C[C@@H]3C2)nn1. The van der Waals surface area contributed by atoms with Gasteiger partial charge in [0.2, 0.25) is 0 Å². The fraction of sp³-hybridized carbons (Fsp3) is 0.435. The topological polar surface area (TPSA) is 58.9 Å². The Balaban J connectivity index is 1.17. The Morgan fingerprint density at radius 3 is 2.47 bits per heavy atom. The molecule has 1 aliphatic carbocycles. The van der Waals surface area contributed by atoms with Crippen LogP contribution in [0, 0.1) is 24.6 Å². The molecule has 1 unspecified atom stereocenters. The van der Waals surface area contributed by atoms with Crippen molar-refractivity contribution in [3.05, 3.63) is 59.5 Å². The van der Waals surface area contributed by atoms with Gasteiger partial charge in [-0.25, -0.2) is 4.39 Å². The van der Waals surface area contributed by atoms with Crippen molar-refractivity contribution in [1.82, 2.24) is 24.9 Å². The highest BCUT2D eigenvalue weighted by molar-refractivity contribution is 5.59. The summed E-state index contributed by atoms with van der Waals surface area (Å²) in [5.74, 6) is 2.06. The van der Waals surface area contributed by atoms with E-state index in [4.69, 9.17) is 0 Å². The van der Waals surface area contributed by atoms with E-state index in [2.05, 4.69) is 25.5 Å². The molecule has 2 fully saturated rings. The standard InChI is InChI=1S/C23H27FN6/c1-15-11-25-29(2)23(15)21-7-8-22(28-27-21)26-19-9-17-13-30(14-18(17)10-19)12-16-5-3-4-6-20(16)24/h3-8,11,17-19H,9-10,12-14H2,1-2H3,(H,26,28)/t17-,18+,19?. The largest absolute Gasteiger partial charge is 0.366 e. The molecule has 1 saturated heterocycles. The van der Waals surface area contributed by atoms with Gasteiger partial charge in [0.1, 0.15) is 17.3 Å². The highest BCUT2D eigenvalue weighted by atomic mass is 19.1. The number of nitrogens with zero attached hydrogens (tertiary/aromatic N) is 5. The van der Waals surface area contributed by atoms with Gasteiger partial charge in [-0.3, -0.25) is 9.58 Å². The van der Waals surface area contributed by atoms with Crippen molar-refractivity contribution in [2.75, 3.05) is 18.4 Å². The van der Waals surface area contributed by atoms with Gasteiger partial charge >= 0.3 is 0 Å². The van der Waals surface area contributed by atoms with Crippen molar-refractivity contribution in [2.24, 2.45) is 18.9 Å². The zero-order valence-electron chi connectivity index (χ0n) is 17.4. The second-order valence-corrected chi connectivity index (χ2v) is 8.72. The number of halogens is 1. The van der Waals surface area contributed by atoms with Crippen LogP contribution < -0.4 is 5.32 Å². The van der Waals surface area contributed by atoms with Crippen molar-refractivity contribution in [1.29, 1.82) is 0 Å². The smallest absolute Gasteiger partial charge is 0.148 e. The van der Waals surface area contributed by atoms with Gasteiger partial charge in [-0.2, -0.15) is 5.10 Å². The van der Waals surface area contributed by atoms with E-state index in [1.165, 1.54) is 0 Å². The maximum Gasteiger partial charge on any atom is 0.148 e. The fourth-order valence-electron chi connectivity index (χ4n) is 5.17. The Morgan fingerprint density at radius 1 is 1.07 bits per heavy atom. The minimum Gasteiger partial charge on any atom is -0.366 e. The first-order valence-corrected chi connectivity index (χ1v) is 10.6. The summed E-state index contributed by atoms with van der Waals surface area (Å²) in [6, 6.07) is 11.5. The molecule has 2 aromatic heterocycles. The number of hydrogen-bond acceptors (Lipinski definition) is 5. The molecule has 5 rings (SSSR count). The second-order valence-electron chi connectivity index (χ2n) is 8.72. The van der Waals surface area contributed by atoms with Crippen LogP contribution in [0.2, 0.25) is 0 Å². The monoisotopic (exact) mass is 406 g/mol. The second kappa shape index (κ2) is 7.80. The van der Waals surface area contributed by atoms with Gasteiger partial charge in [-0.1, -0.05) is 18.2 Å². The van der Waals surface area contributed by atoms with Crippen LogP contribution in [0.3, 0.4) is 0 Å². The quantitative estimate of drug-likeness (QED) is 0.701. The summed E-state index contributed by atoms with van der Waals surface area (Å²) in [6.45, 7) is 4.82. The van der Waals surface area contributed by atoms with Crippen LogP contribution in [0.15, 0.2) is 42.6 Å². The van der Waals surface area contributed by atoms with Crippen LogP contribution in [0.5, 0.6) is 0 Å². The Labute approximate surface area is 176 Å². The average molecular weight is 407 g/mol. The van der Waals surface area contributed by atoms with Crippen molar-refractivity contribution in [3.8, 4) is 11.4 Å². The Hall–Kier alpha value is -2.80. The first-order valence-electron chi connectivity index (χ1n) is 10.6. The van der Waals surface area contributed by atoms with Gasteiger partial charge in [0.25, 0.3) is 0 Å². The summed E-state index contributed by atoms with van der Waals surface area (Å²) in [6.07, 6.45) is 4.10. The molecule has 1 aliphatic heterocycles. The van der Waals surface area contributed by atoms with E-state index in [0.717, 1.165) is 54.3 Å². The molecule has 1 N–H and O–H groups in total. The first-order chi connectivity index (χ1) is 14.6. The number of nitrogens with one attached hydrogen (secondary N) is 1.